The molecule has 398 valence electrons. The number of hydrogen-bond acceptors (Lipinski definition) is 25. The second-order valence-corrected chi connectivity index (χ2v) is 19.8. The van der Waals surface area contributed by atoms with Crippen molar-refractivity contribution in [3.8, 4) is 0 Å². The van der Waals surface area contributed by atoms with E-state index in [-0.39, 0.29) is 87.1 Å². The first-order valence-corrected chi connectivity index (χ1v) is 25.3. The molecule has 3 aliphatic heterocycles. The molecule has 0 unspecified atom stereocenters. The van der Waals surface area contributed by atoms with Crippen molar-refractivity contribution < 1.29 is 105 Å². The van der Waals surface area contributed by atoms with Crippen molar-refractivity contribution in [2.45, 2.75) is 159 Å². The fourth-order valence-electron chi connectivity index (χ4n) is 7.06. The van der Waals surface area contributed by atoms with E-state index in [1.54, 1.807) is 0 Å². The summed E-state index contributed by atoms with van der Waals surface area (Å²) in [5.74, 6) is -3.18. The lowest BCUT2D eigenvalue weighted by Crippen LogP contribution is -2.57. The van der Waals surface area contributed by atoms with Gasteiger partial charge in [-0.2, -0.15) is 0 Å². The topological polar surface area (TPSA) is 472 Å². The number of nitrogens with one attached hydrogen (secondary N) is 4. The van der Waals surface area contributed by atoms with Crippen LogP contribution in [0.5, 0.6) is 0 Å². The number of nitrogens with zero attached hydrogens (tertiary/aromatic N) is 2. The predicted octanol–water partition coefficient (Wildman–Crippen LogP) is -6.59. The zero-order chi connectivity index (χ0) is 51.8. The molecule has 3 rings (SSSR count). The molecule has 0 aromatic carbocycles. The van der Waals surface area contributed by atoms with Crippen LogP contribution in [-0.4, -0.2) is 248 Å². The van der Waals surface area contributed by atoms with Gasteiger partial charge >= 0.3 is 5.97 Å². The Labute approximate surface area is 409 Å². The summed E-state index contributed by atoms with van der Waals surface area (Å²) in [5.41, 5.74) is -3.09. The van der Waals surface area contributed by atoms with E-state index in [2.05, 4.69) is 21.3 Å². The highest BCUT2D eigenvalue weighted by Gasteiger charge is 2.46. The van der Waals surface area contributed by atoms with Crippen LogP contribution in [0, 0.1) is 10.8 Å². The molecule has 17 atom stereocenters. The number of amides is 4. The van der Waals surface area contributed by atoms with Crippen LogP contribution in [0.2, 0.25) is 0 Å². The lowest BCUT2D eigenvalue weighted by molar-refractivity contribution is -0.205. The average molecular weight is 1050 g/mol. The lowest BCUT2D eigenvalue weighted by atomic mass is 10.0. The Hall–Kier alpha value is -2.78. The van der Waals surface area contributed by atoms with Gasteiger partial charge in [0.25, 0.3) is 0 Å². The summed E-state index contributed by atoms with van der Waals surface area (Å²) in [6.07, 6.45) is -16.1. The summed E-state index contributed by atoms with van der Waals surface area (Å²) in [6.45, 7) is -1.49. The first kappa shape index (κ1) is 62.3. The Morgan fingerprint density at radius 3 is 1.13 bits per heavy atom. The normalized spacial score (nSPS) is 32.1. The molecule has 30 heteroatoms. The van der Waals surface area contributed by atoms with E-state index in [1.165, 1.54) is 0 Å². The molecular formula is C39H68N6O21S3. The Balaban J connectivity index is 0.00000805. The molecular weight excluding hydrogens is 985 g/mol. The highest BCUT2D eigenvalue weighted by atomic mass is 32.2. The molecule has 3 aliphatic rings. The number of carbonyl (C=O) groups excluding carboxylic acids is 4. The third-order valence-electron chi connectivity index (χ3n) is 11.1. The molecule has 0 spiro atoms. The number of carbonyl (C=O) groups is 5. The van der Waals surface area contributed by atoms with Crippen molar-refractivity contribution in [2.75, 3.05) is 50.2 Å². The van der Waals surface area contributed by atoms with Gasteiger partial charge in [-0.1, -0.05) is 0 Å². The molecule has 0 aromatic rings. The average Bonchev–Trinajstić information content (AvgIpc) is 3.33. The quantitative estimate of drug-likeness (QED) is 0.0245. The molecule has 17 N–H and O–H groups in total. The third kappa shape index (κ3) is 20.3. The molecule has 0 aromatic heterocycles. The van der Waals surface area contributed by atoms with Crippen molar-refractivity contribution in [2.24, 2.45) is 0 Å². The number of aliphatic carboxylic acids is 1. The monoisotopic (exact) mass is 1050 g/mol. The van der Waals surface area contributed by atoms with Crippen LogP contribution in [0.1, 0.15) is 57.8 Å². The van der Waals surface area contributed by atoms with Crippen molar-refractivity contribution >= 4 is 64.9 Å². The van der Waals surface area contributed by atoms with Gasteiger partial charge in [0, 0.05) is 60.4 Å². The number of ether oxygens (including phenoxy) is 3. The minimum absolute atomic E-state index is 0.00685. The van der Waals surface area contributed by atoms with E-state index in [4.69, 9.17) is 25.0 Å². The number of unbranched alkanes of at least 4 members (excludes halogenated alkanes) is 2. The fourth-order valence-corrected chi connectivity index (χ4v) is 10.4. The number of aliphatic hydroxyl groups is 12. The Morgan fingerprint density at radius 1 is 0.464 bits per heavy atom. The van der Waals surface area contributed by atoms with E-state index < -0.39 is 139 Å². The number of rotatable bonds is 29. The van der Waals surface area contributed by atoms with Crippen LogP contribution in [-0.2, 0) is 38.2 Å². The van der Waals surface area contributed by atoms with Crippen LogP contribution >= 0.6 is 35.3 Å². The molecule has 3 heterocycles. The summed E-state index contributed by atoms with van der Waals surface area (Å²) in [5, 5.41) is 151. The van der Waals surface area contributed by atoms with E-state index in [0.717, 1.165) is 35.3 Å². The zero-order valence-electron chi connectivity index (χ0n) is 37.5. The lowest BCUT2D eigenvalue weighted by Gasteiger charge is -2.39. The predicted molar refractivity (Wildman–Crippen MR) is 241 cm³/mol. The van der Waals surface area contributed by atoms with Gasteiger partial charge in [0.1, 0.15) is 102 Å². The molecule has 0 bridgehead atoms. The molecule has 69 heavy (non-hydrogen) atoms. The summed E-state index contributed by atoms with van der Waals surface area (Å²) >= 11 is 2.96. The molecule has 0 aliphatic carbocycles. The van der Waals surface area contributed by atoms with Gasteiger partial charge in [-0.3, -0.25) is 19.2 Å². The highest BCUT2D eigenvalue weighted by molar-refractivity contribution is 8.00. The van der Waals surface area contributed by atoms with Crippen LogP contribution < -0.4 is 21.3 Å². The van der Waals surface area contributed by atoms with Gasteiger partial charge in [-0.05, 0) is 38.5 Å². The summed E-state index contributed by atoms with van der Waals surface area (Å²) in [7, 11) is 0. The van der Waals surface area contributed by atoms with Crippen molar-refractivity contribution in [3.63, 3.8) is 0 Å². The SMILES string of the molecule is N#N.O=C(CCS[C@H]1O[C@H](CO)[C@@H](O)[C@H](O)[C@@H]1O)NCCCC[C@H](NC(=O)[C@H](CCCCNC(=O)CCS[C@H]1O[C@H](CO)[C@@H](O)[C@H](O)[C@@H]1O)NC(=O)CCS[C@H]1O[C@H](CO)[C@@H](O)[C@H](O)[C@@H]1O)C(=O)O. The molecule has 4 amide bonds. The number of thioether (sulfide) groups is 3. The number of carboxylic acids is 1. The van der Waals surface area contributed by atoms with Crippen molar-refractivity contribution in [1.82, 2.24) is 21.3 Å². The van der Waals surface area contributed by atoms with Gasteiger partial charge in [-0.15, -0.1) is 35.3 Å². The first-order chi connectivity index (χ1) is 32.8. The van der Waals surface area contributed by atoms with Gasteiger partial charge in [-0.25, -0.2) is 4.79 Å². The van der Waals surface area contributed by atoms with Gasteiger partial charge in [0.15, 0.2) is 0 Å². The van der Waals surface area contributed by atoms with Crippen LogP contribution in [0.3, 0.4) is 0 Å². The smallest absolute Gasteiger partial charge is 0.326 e. The summed E-state index contributed by atoms with van der Waals surface area (Å²) in [4.78, 5) is 63.6. The van der Waals surface area contributed by atoms with Crippen molar-refractivity contribution in [3.05, 3.63) is 0 Å². The molecule has 0 saturated carbocycles. The van der Waals surface area contributed by atoms with Crippen LogP contribution in [0.4, 0.5) is 0 Å². The molecule has 27 nitrogen and oxygen atoms in total. The number of carboxylic acid groups (broad SMARTS) is 1. The number of hydrogen-bond donors (Lipinski definition) is 17. The molecule has 3 saturated heterocycles. The van der Waals surface area contributed by atoms with Gasteiger partial charge in [0.2, 0.25) is 23.6 Å². The van der Waals surface area contributed by atoms with Crippen molar-refractivity contribution in [1.29, 1.82) is 10.8 Å². The third-order valence-corrected chi connectivity index (χ3v) is 14.6. The van der Waals surface area contributed by atoms with E-state index >= 15 is 0 Å². The highest BCUT2D eigenvalue weighted by Crippen LogP contribution is 2.31. The van der Waals surface area contributed by atoms with Crippen LogP contribution in [0.25, 0.3) is 0 Å². The number of aliphatic hydroxyl groups excluding tert-OH is 12. The standard InChI is InChI=1S/C39H68N4O21S3.N2/c44-15-20-26(50)29(53)32(56)37(62-20)65-12-7-23(47)40-10-3-1-5-18(42-25(49)9-14-67-39-34(58)31(55)28(52)22(17-46)64-39)35(59)43-19(36(60)61)6-2-4-11-41-24(48)8-13-66-38-33(57)30(54)27(51)21(16-45)63-38;1-2/h18-22,26-34,37-39,44-46,50-58H,1-17H2,(H,40,47)(H,41,48)(H,42,49)(H,43,59)(H,60,61);/t18-,19-,20+,21+,22+,26+,27+,28+,29-,30-,31-,32-,33-,34-,37+,38+,39+;/m0./s1. The van der Waals surface area contributed by atoms with Crippen LogP contribution in [0.15, 0.2) is 0 Å². The van der Waals surface area contributed by atoms with Gasteiger partial charge < -0.3 is 102 Å². The van der Waals surface area contributed by atoms with E-state index in [9.17, 15) is 90.4 Å². The molecule has 0 radical (unpaired) electrons. The van der Waals surface area contributed by atoms with Gasteiger partial charge in [0.05, 0.1) is 19.8 Å². The maximum Gasteiger partial charge on any atom is 0.326 e. The molecule has 3 fully saturated rings. The maximum atomic E-state index is 13.5. The second kappa shape index (κ2) is 33.0. The minimum atomic E-state index is -1.61. The zero-order valence-corrected chi connectivity index (χ0v) is 40.0. The maximum absolute atomic E-state index is 13.5. The van der Waals surface area contributed by atoms with E-state index in [0.29, 0.717) is 12.8 Å². The Bertz CT molecular complexity index is 1580. The summed E-state index contributed by atoms with van der Waals surface area (Å²) < 4.78 is 16.3. The Morgan fingerprint density at radius 2 is 0.797 bits per heavy atom. The van der Waals surface area contributed by atoms with E-state index in [1.807, 2.05) is 0 Å². The second-order valence-electron chi connectivity index (χ2n) is 16.2. The summed E-state index contributed by atoms with van der Waals surface area (Å²) in [6, 6.07) is -2.60. The Kier molecular flexibility index (Phi) is 29.9. The first-order valence-electron chi connectivity index (χ1n) is 22.2. The fraction of sp³-hybridized carbons (Fsp3) is 0.872. The minimum Gasteiger partial charge on any atom is -0.480 e. The largest absolute Gasteiger partial charge is 0.480 e.